The minimum atomic E-state index is -0.286. The van der Waals surface area contributed by atoms with E-state index in [4.69, 9.17) is 11.6 Å². The maximum atomic E-state index is 11.9. The number of anilines is 1. The van der Waals surface area contributed by atoms with Crippen LogP contribution in [0.3, 0.4) is 0 Å². The number of nitrogens with zero attached hydrogens (tertiary/aromatic N) is 2. The molecule has 0 aliphatic rings. The van der Waals surface area contributed by atoms with Crippen LogP contribution in [0.15, 0.2) is 48.8 Å². The highest BCUT2D eigenvalue weighted by Gasteiger charge is 2.09. The first-order chi connectivity index (χ1) is 10.6. The van der Waals surface area contributed by atoms with Gasteiger partial charge in [0.05, 0.1) is 0 Å². The predicted octanol–water partition coefficient (Wildman–Crippen LogP) is 3.69. The maximum absolute atomic E-state index is 11.9. The lowest BCUT2D eigenvalue weighted by atomic mass is 10.1. The van der Waals surface area contributed by atoms with Crippen molar-refractivity contribution >= 4 is 23.3 Å². The van der Waals surface area contributed by atoms with Gasteiger partial charge in [-0.3, -0.25) is 9.89 Å². The van der Waals surface area contributed by atoms with Gasteiger partial charge < -0.3 is 5.32 Å². The zero-order valence-electron chi connectivity index (χ0n) is 11.8. The summed E-state index contributed by atoms with van der Waals surface area (Å²) < 4.78 is 0. The van der Waals surface area contributed by atoms with Crippen LogP contribution in [0.4, 0.5) is 5.82 Å². The van der Waals surface area contributed by atoms with Gasteiger partial charge >= 0.3 is 0 Å². The third-order valence-electron chi connectivity index (χ3n) is 3.18. The number of nitrogens with one attached hydrogen (secondary N) is 2. The molecule has 0 unspecified atom stereocenters. The van der Waals surface area contributed by atoms with Gasteiger partial charge in [0.15, 0.2) is 0 Å². The van der Waals surface area contributed by atoms with Crippen molar-refractivity contribution in [2.45, 2.75) is 6.92 Å². The fourth-order valence-corrected chi connectivity index (χ4v) is 2.28. The number of rotatable bonds is 3. The highest BCUT2D eigenvalue weighted by molar-refractivity contribution is 6.33. The first-order valence-corrected chi connectivity index (χ1v) is 7.04. The van der Waals surface area contributed by atoms with Gasteiger partial charge in [-0.1, -0.05) is 23.2 Å². The summed E-state index contributed by atoms with van der Waals surface area (Å²) in [6.45, 7) is 2.01. The lowest BCUT2D eigenvalue weighted by Crippen LogP contribution is -2.13. The minimum absolute atomic E-state index is 0.286. The van der Waals surface area contributed by atoms with E-state index in [1.165, 1.54) is 6.20 Å². The highest BCUT2D eigenvalue weighted by atomic mass is 35.5. The smallest absolute Gasteiger partial charge is 0.274 e. The van der Waals surface area contributed by atoms with E-state index in [1.54, 1.807) is 18.3 Å². The van der Waals surface area contributed by atoms with E-state index < -0.39 is 0 Å². The molecule has 0 aliphatic heterocycles. The zero-order chi connectivity index (χ0) is 15.5. The minimum Gasteiger partial charge on any atom is -0.305 e. The summed E-state index contributed by atoms with van der Waals surface area (Å²) in [4.78, 5) is 16.1. The average Bonchev–Trinajstić information content (AvgIpc) is 3.05. The molecular weight excluding hydrogens is 300 g/mol. The van der Waals surface area contributed by atoms with Crippen LogP contribution in [0.2, 0.25) is 5.02 Å². The number of carbonyl (C=O) groups excluding carboxylic acids is 1. The molecule has 3 aromatic rings. The van der Waals surface area contributed by atoms with Crippen molar-refractivity contribution in [3.8, 4) is 11.1 Å². The Morgan fingerprint density at radius 3 is 2.77 bits per heavy atom. The van der Waals surface area contributed by atoms with Crippen LogP contribution < -0.4 is 5.32 Å². The molecule has 0 saturated carbocycles. The van der Waals surface area contributed by atoms with E-state index in [0.29, 0.717) is 16.5 Å². The fraction of sp³-hybridized carbons (Fsp3) is 0.0625. The Bertz CT molecular complexity index is 798. The molecule has 0 fully saturated rings. The van der Waals surface area contributed by atoms with Gasteiger partial charge in [0.25, 0.3) is 5.91 Å². The van der Waals surface area contributed by atoms with Crippen molar-refractivity contribution in [2.24, 2.45) is 0 Å². The Kier molecular flexibility index (Phi) is 3.89. The van der Waals surface area contributed by atoms with Crippen molar-refractivity contribution in [3.63, 3.8) is 0 Å². The van der Waals surface area contributed by atoms with Crippen molar-refractivity contribution < 1.29 is 4.79 Å². The van der Waals surface area contributed by atoms with Gasteiger partial charge in [0.1, 0.15) is 11.5 Å². The molecule has 0 aliphatic carbocycles. The van der Waals surface area contributed by atoms with E-state index in [1.807, 2.05) is 31.2 Å². The Labute approximate surface area is 132 Å². The van der Waals surface area contributed by atoms with E-state index >= 15 is 0 Å². The Morgan fingerprint density at radius 1 is 1.23 bits per heavy atom. The van der Waals surface area contributed by atoms with Crippen LogP contribution in [0, 0.1) is 6.92 Å². The van der Waals surface area contributed by atoms with Crippen LogP contribution in [0.25, 0.3) is 11.1 Å². The zero-order valence-corrected chi connectivity index (χ0v) is 12.6. The molecule has 0 radical (unpaired) electrons. The van der Waals surface area contributed by atoms with Crippen molar-refractivity contribution in [3.05, 3.63) is 65.1 Å². The summed E-state index contributed by atoms with van der Waals surface area (Å²) in [5.74, 6) is 0.179. The topological polar surface area (TPSA) is 70.7 Å². The number of pyridine rings is 1. The van der Waals surface area contributed by atoms with Gasteiger partial charge in [-0.15, -0.1) is 0 Å². The van der Waals surface area contributed by atoms with Crippen LogP contribution in [0.1, 0.15) is 16.1 Å². The number of aromatic nitrogens is 3. The lowest BCUT2D eigenvalue weighted by molar-refractivity contribution is 0.102. The van der Waals surface area contributed by atoms with Gasteiger partial charge in [0.2, 0.25) is 0 Å². The number of benzene rings is 1. The van der Waals surface area contributed by atoms with Gasteiger partial charge in [-0.2, -0.15) is 5.10 Å². The normalized spacial score (nSPS) is 10.5. The molecule has 2 aromatic heterocycles. The second kappa shape index (κ2) is 5.99. The lowest BCUT2D eigenvalue weighted by Gasteiger charge is -2.07. The van der Waals surface area contributed by atoms with E-state index in [9.17, 15) is 4.79 Å². The molecule has 2 heterocycles. The number of halogens is 1. The number of aryl methyl sites for hydroxylation is 1. The molecule has 110 valence electrons. The van der Waals surface area contributed by atoms with Crippen molar-refractivity contribution in [1.29, 1.82) is 0 Å². The van der Waals surface area contributed by atoms with Gasteiger partial charge in [-0.25, -0.2) is 4.98 Å². The molecule has 3 rings (SSSR count). The summed E-state index contributed by atoms with van der Waals surface area (Å²) in [6, 6.07) is 11.0. The number of carbonyl (C=O) groups is 1. The molecule has 5 nitrogen and oxygen atoms in total. The molecule has 6 heteroatoms. The number of hydrogen-bond acceptors (Lipinski definition) is 3. The van der Waals surface area contributed by atoms with Gasteiger partial charge in [0, 0.05) is 28.5 Å². The molecule has 0 atom stereocenters. The summed E-state index contributed by atoms with van der Waals surface area (Å²) in [5, 5.41) is 9.70. The molecule has 0 spiro atoms. The number of amides is 1. The SMILES string of the molecule is Cc1ccc(Cl)c(-c2ccc(NC(=O)c3ccn[nH]3)nc2)c1. The van der Waals surface area contributed by atoms with Crippen molar-refractivity contribution in [1.82, 2.24) is 15.2 Å². The second-order valence-corrected chi connectivity index (χ2v) is 5.25. The monoisotopic (exact) mass is 312 g/mol. The predicted molar refractivity (Wildman–Crippen MR) is 86.0 cm³/mol. The molecule has 1 aromatic carbocycles. The highest BCUT2D eigenvalue weighted by Crippen LogP contribution is 2.28. The first-order valence-electron chi connectivity index (χ1n) is 6.67. The van der Waals surface area contributed by atoms with Crippen LogP contribution >= 0.6 is 11.6 Å². The first kappa shape index (κ1) is 14.3. The average molecular weight is 313 g/mol. The molecular formula is C16H13ClN4O. The largest absolute Gasteiger partial charge is 0.305 e. The molecule has 0 saturated heterocycles. The second-order valence-electron chi connectivity index (χ2n) is 4.84. The van der Waals surface area contributed by atoms with Crippen LogP contribution in [-0.4, -0.2) is 21.1 Å². The fourth-order valence-electron chi connectivity index (χ4n) is 2.05. The standard InChI is InChI=1S/C16H13ClN4O/c1-10-2-4-13(17)12(8-10)11-3-5-15(18-9-11)20-16(22)14-6-7-19-21-14/h2-9H,1H3,(H,19,21)(H,18,20,22). The van der Waals surface area contributed by atoms with Crippen LogP contribution in [-0.2, 0) is 0 Å². The number of hydrogen-bond donors (Lipinski definition) is 2. The molecule has 1 amide bonds. The Hall–Kier alpha value is -2.66. The van der Waals surface area contributed by atoms with E-state index in [-0.39, 0.29) is 5.91 Å². The Balaban J connectivity index is 1.81. The summed E-state index contributed by atoms with van der Waals surface area (Å²) in [5.41, 5.74) is 3.32. The summed E-state index contributed by atoms with van der Waals surface area (Å²) >= 11 is 6.21. The van der Waals surface area contributed by atoms with E-state index in [2.05, 4.69) is 20.5 Å². The van der Waals surface area contributed by atoms with Crippen molar-refractivity contribution in [2.75, 3.05) is 5.32 Å². The molecule has 0 bridgehead atoms. The quantitative estimate of drug-likeness (QED) is 0.775. The maximum Gasteiger partial charge on any atom is 0.274 e. The van der Waals surface area contributed by atoms with Crippen LogP contribution in [0.5, 0.6) is 0 Å². The van der Waals surface area contributed by atoms with E-state index in [0.717, 1.165) is 16.7 Å². The molecule has 2 N–H and O–H groups in total. The summed E-state index contributed by atoms with van der Waals surface area (Å²) in [7, 11) is 0. The molecule has 22 heavy (non-hydrogen) atoms. The summed E-state index contributed by atoms with van der Waals surface area (Å²) in [6.07, 6.45) is 3.20. The number of H-pyrrole nitrogens is 1. The third kappa shape index (κ3) is 2.99. The van der Waals surface area contributed by atoms with Gasteiger partial charge in [-0.05, 0) is 37.3 Å². The third-order valence-corrected chi connectivity index (χ3v) is 3.51. The number of aromatic amines is 1. The Morgan fingerprint density at radius 2 is 2.09 bits per heavy atom.